The number of rotatable bonds is 3. The number of imidazole rings is 1. The van der Waals surface area contributed by atoms with Crippen molar-refractivity contribution in [3.05, 3.63) is 28.5 Å². The van der Waals surface area contributed by atoms with Crippen molar-refractivity contribution in [2.24, 2.45) is 5.92 Å². The zero-order valence-electron chi connectivity index (χ0n) is 11.6. The van der Waals surface area contributed by atoms with Crippen molar-refractivity contribution in [2.45, 2.75) is 31.7 Å². The van der Waals surface area contributed by atoms with Crippen molar-refractivity contribution in [1.29, 1.82) is 0 Å². The molecule has 3 rings (SSSR count). The molecule has 0 spiro atoms. The van der Waals surface area contributed by atoms with Gasteiger partial charge in [-0.05, 0) is 38.5 Å². The number of alkyl halides is 1. The highest BCUT2D eigenvalue weighted by molar-refractivity contribution is 9.10. The highest BCUT2D eigenvalue weighted by Gasteiger charge is 2.28. The van der Waals surface area contributed by atoms with Crippen LogP contribution in [-0.2, 0) is 4.74 Å². The molecule has 0 N–H and O–H groups in total. The molecule has 0 saturated carbocycles. The van der Waals surface area contributed by atoms with E-state index in [4.69, 9.17) is 21.3 Å². The Morgan fingerprint density at radius 3 is 2.90 bits per heavy atom. The summed E-state index contributed by atoms with van der Waals surface area (Å²) in [7, 11) is 0. The van der Waals surface area contributed by atoms with Gasteiger partial charge < -0.3 is 9.30 Å². The SMILES string of the molecule is CC(Cl)c1nc2ccc(Br)cc2n1C(C)C1CCOC1. The maximum absolute atomic E-state index is 6.34. The number of nitrogens with zero attached hydrogens (tertiary/aromatic N) is 2. The van der Waals surface area contributed by atoms with Crippen LogP contribution in [0.1, 0.15) is 37.5 Å². The van der Waals surface area contributed by atoms with Gasteiger partial charge >= 0.3 is 0 Å². The first kappa shape index (κ1) is 14.4. The van der Waals surface area contributed by atoms with Crippen LogP contribution < -0.4 is 0 Å². The molecule has 5 heteroatoms. The number of hydrogen-bond donors (Lipinski definition) is 0. The molecular weight excluding hydrogens is 340 g/mol. The van der Waals surface area contributed by atoms with Crippen LogP contribution in [-0.4, -0.2) is 22.8 Å². The summed E-state index contributed by atoms with van der Waals surface area (Å²) in [5.74, 6) is 1.47. The molecule has 20 heavy (non-hydrogen) atoms. The van der Waals surface area contributed by atoms with E-state index in [0.717, 1.165) is 41.0 Å². The van der Waals surface area contributed by atoms with E-state index in [2.05, 4.69) is 33.5 Å². The van der Waals surface area contributed by atoms with Gasteiger partial charge in [-0.1, -0.05) is 15.9 Å². The Balaban J connectivity index is 2.14. The molecule has 3 atom stereocenters. The Bertz CT molecular complexity index is 620. The van der Waals surface area contributed by atoms with E-state index in [1.165, 1.54) is 0 Å². The van der Waals surface area contributed by atoms with E-state index >= 15 is 0 Å². The molecule has 0 radical (unpaired) electrons. The van der Waals surface area contributed by atoms with Crippen molar-refractivity contribution in [3.8, 4) is 0 Å². The van der Waals surface area contributed by atoms with Crippen LogP contribution in [0.5, 0.6) is 0 Å². The molecule has 3 nitrogen and oxygen atoms in total. The highest BCUT2D eigenvalue weighted by Crippen LogP contribution is 2.34. The highest BCUT2D eigenvalue weighted by atomic mass is 79.9. The van der Waals surface area contributed by atoms with Gasteiger partial charge in [-0.25, -0.2) is 4.98 Å². The lowest BCUT2D eigenvalue weighted by Crippen LogP contribution is -2.19. The molecule has 1 aromatic heterocycles. The van der Waals surface area contributed by atoms with Gasteiger partial charge in [0.05, 0.1) is 23.0 Å². The van der Waals surface area contributed by atoms with Gasteiger partial charge in [0.2, 0.25) is 0 Å². The second-order valence-corrected chi connectivity index (χ2v) is 7.02. The van der Waals surface area contributed by atoms with E-state index < -0.39 is 0 Å². The smallest absolute Gasteiger partial charge is 0.127 e. The molecule has 2 aromatic rings. The molecule has 1 fully saturated rings. The fourth-order valence-electron chi connectivity index (χ4n) is 2.94. The van der Waals surface area contributed by atoms with Crippen LogP contribution in [0.3, 0.4) is 0 Å². The first-order valence-electron chi connectivity index (χ1n) is 6.97. The van der Waals surface area contributed by atoms with Gasteiger partial charge in [0.25, 0.3) is 0 Å². The van der Waals surface area contributed by atoms with Crippen LogP contribution in [0, 0.1) is 5.92 Å². The minimum atomic E-state index is -0.106. The summed E-state index contributed by atoms with van der Waals surface area (Å²) in [6, 6.07) is 6.52. The molecule has 1 saturated heterocycles. The molecule has 1 aliphatic rings. The van der Waals surface area contributed by atoms with Crippen molar-refractivity contribution in [1.82, 2.24) is 9.55 Å². The molecule has 0 aliphatic carbocycles. The number of ether oxygens (including phenoxy) is 1. The molecule has 1 aromatic carbocycles. The normalized spacial score (nSPS) is 22.3. The topological polar surface area (TPSA) is 27.1 Å². The fraction of sp³-hybridized carbons (Fsp3) is 0.533. The van der Waals surface area contributed by atoms with Gasteiger partial charge in [-0.3, -0.25) is 0 Å². The Labute approximate surface area is 132 Å². The third-order valence-electron chi connectivity index (χ3n) is 4.09. The van der Waals surface area contributed by atoms with Gasteiger partial charge in [0, 0.05) is 23.0 Å². The predicted molar refractivity (Wildman–Crippen MR) is 85.3 cm³/mol. The van der Waals surface area contributed by atoms with Crippen molar-refractivity contribution in [3.63, 3.8) is 0 Å². The van der Waals surface area contributed by atoms with E-state index in [1.54, 1.807) is 0 Å². The van der Waals surface area contributed by atoms with Crippen molar-refractivity contribution in [2.75, 3.05) is 13.2 Å². The lowest BCUT2D eigenvalue weighted by atomic mass is 10.00. The monoisotopic (exact) mass is 356 g/mol. The van der Waals surface area contributed by atoms with E-state index in [9.17, 15) is 0 Å². The van der Waals surface area contributed by atoms with Crippen LogP contribution in [0.25, 0.3) is 11.0 Å². The van der Waals surface area contributed by atoms with Crippen LogP contribution in [0.4, 0.5) is 0 Å². The van der Waals surface area contributed by atoms with Crippen molar-refractivity contribution >= 4 is 38.6 Å². The lowest BCUT2D eigenvalue weighted by Gasteiger charge is -2.23. The minimum Gasteiger partial charge on any atom is -0.381 e. The van der Waals surface area contributed by atoms with Crippen molar-refractivity contribution < 1.29 is 4.74 Å². The third-order valence-corrected chi connectivity index (χ3v) is 4.78. The van der Waals surface area contributed by atoms with Crippen LogP contribution in [0.15, 0.2) is 22.7 Å². The zero-order chi connectivity index (χ0) is 14.3. The standard InChI is InChI=1S/C15H18BrClN2O/c1-9(17)15-18-13-4-3-12(16)7-14(13)19(15)10(2)11-5-6-20-8-11/h3-4,7,9-11H,5-6,8H2,1-2H3. The van der Waals surface area contributed by atoms with E-state index in [0.29, 0.717) is 12.0 Å². The average Bonchev–Trinajstić information content (AvgIpc) is 3.04. The summed E-state index contributed by atoms with van der Waals surface area (Å²) in [5.41, 5.74) is 2.14. The molecule has 0 amide bonds. The number of benzene rings is 1. The van der Waals surface area contributed by atoms with Crippen LogP contribution in [0.2, 0.25) is 0 Å². The number of halogens is 2. The van der Waals surface area contributed by atoms with Gasteiger partial charge in [-0.2, -0.15) is 0 Å². The third kappa shape index (κ3) is 2.49. The average molecular weight is 358 g/mol. The molecule has 2 heterocycles. The zero-order valence-corrected chi connectivity index (χ0v) is 14.0. The van der Waals surface area contributed by atoms with E-state index in [1.807, 2.05) is 19.1 Å². The molecule has 108 valence electrons. The Hall–Kier alpha value is -0.580. The van der Waals surface area contributed by atoms with Gasteiger partial charge in [0.1, 0.15) is 5.82 Å². The fourth-order valence-corrected chi connectivity index (χ4v) is 3.44. The van der Waals surface area contributed by atoms with Gasteiger partial charge in [-0.15, -0.1) is 11.6 Å². The Morgan fingerprint density at radius 2 is 2.25 bits per heavy atom. The minimum absolute atomic E-state index is 0.106. The molecular formula is C15H18BrClN2O. The second-order valence-electron chi connectivity index (χ2n) is 5.45. The summed E-state index contributed by atoms with van der Waals surface area (Å²) in [5, 5.41) is -0.106. The molecule has 3 unspecified atom stereocenters. The number of hydrogen-bond acceptors (Lipinski definition) is 2. The Morgan fingerprint density at radius 1 is 1.45 bits per heavy atom. The summed E-state index contributed by atoms with van der Waals surface area (Å²) < 4.78 is 8.89. The molecule has 0 bridgehead atoms. The summed E-state index contributed by atoms with van der Waals surface area (Å²) >= 11 is 9.89. The number of fused-ring (bicyclic) bond motifs is 1. The number of aromatic nitrogens is 2. The summed E-state index contributed by atoms with van der Waals surface area (Å²) in [4.78, 5) is 4.72. The molecule has 1 aliphatic heterocycles. The maximum Gasteiger partial charge on any atom is 0.127 e. The first-order chi connectivity index (χ1) is 9.58. The van der Waals surface area contributed by atoms with Gasteiger partial charge in [0.15, 0.2) is 0 Å². The quantitative estimate of drug-likeness (QED) is 0.745. The van der Waals surface area contributed by atoms with Crippen LogP contribution >= 0.6 is 27.5 Å². The largest absolute Gasteiger partial charge is 0.381 e. The second kappa shape index (κ2) is 5.66. The van der Waals surface area contributed by atoms with E-state index in [-0.39, 0.29) is 5.38 Å². The first-order valence-corrected chi connectivity index (χ1v) is 8.20. The maximum atomic E-state index is 6.34. The summed E-state index contributed by atoms with van der Waals surface area (Å²) in [6.45, 7) is 5.90. The summed E-state index contributed by atoms with van der Waals surface area (Å²) in [6.07, 6.45) is 1.10. The lowest BCUT2D eigenvalue weighted by molar-refractivity contribution is 0.175. The predicted octanol–water partition coefficient (Wildman–Crippen LogP) is 4.70. The Kier molecular flexibility index (Phi) is 4.07.